The maximum absolute atomic E-state index is 8.53. The average Bonchev–Trinajstić information content (AvgIpc) is 1.69. The topological polar surface area (TPSA) is 37.6 Å². The van der Waals surface area contributed by atoms with Crippen LogP contribution in [0.4, 0.5) is 0 Å². The molecule has 0 saturated heterocycles. The Morgan fingerprint density at radius 3 is 2.14 bits per heavy atom. The number of nitrogens with one attached hydrogen (secondary N) is 1. The summed E-state index contributed by atoms with van der Waals surface area (Å²) in [5.41, 5.74) is 0. The van der Waals surface area contributed by atoms with E-state index in [0.717, 1.165) is 5.01 Å². The first-order chi connectivity index (χ1) is 3.39. The van der Waals surface area contributed by atoms with E-state index in [1.807, 2.05) is 0 Å². The molecule has 0 spiro atoms. The Kier molecular flexibility index (Phi) is 0.997. The van der Waals surface area contributed by atoms with Gasteiger partial charge in [-0.2, -0.15) is 0 Å². The number of hydrogen-bond acceptors (Lipinski definition) is 2. The zero-order valence-corrected chi connectivity index (χ0v) is 3.70. The largest absolute Gasteiger partial charge is 0.365 e. The van der Waals surface area contributed by atoms with Crippen LogP contribution in [-0.4, -0.2) is 5.01 Å². The van der Waals surface area contributed by atoms with Gasteiger partial charge in [0.05, 0.1) is 0 Å². The van der Waals surface area contributed by atoms with Crippen LogP contribution in [0, 0.1) is 0 Å². The lowest BCUT2D eigenvalue weighted by Gasteiger charge is -2.05. The average molecular weight is 95.1 g/mol. The summed E-state index contributed by atoms with van der Waals surface area (Å²) >= 11 is 0. The molecule has 1 aliphatic heterocycles. The zero-order valence-electron chi connectivity index (χ0n) is 3.70. The Labute approximate surface area is 42.1 Å². The summed E-state index contributed by atoms with van der Waals surface area (Å²) in [6.07, 6.45) is 6.25. The molecule has 36 valence electrons. The molecule has 1 aliphatic rings. The molecule has 1 rings (SSSR count). The number of hydrogen-bond donors (Lipinski definition) is 1. The third-order valence-electron chi connectivity index (χ3n) is 0.647. The van der Waals surface area contributed by atoms with Gasteiger partial charge >= 0.3 is 0 Å². The maximum atomic E-state index is 8.53. The molecule has 0 unspecified atom stereocenters. The maximum Gasteiger partial charge on any atom is 0.0402 e. The van der Waals surface area contributed by atoms with Crippen molar-refractivity contribution in [1.82, 2.24) is 16.2 Å². The first kappa shape index (κ1) is 4.21. The first-order valence-electron chi connectivity index (χ1n) is 1.96. The van der Waals surface area contributed by atoms with Crippen molar-refractivity contribution in [3.63, 3.8) is 0 Å². The SMILES string of the molecule is [N]N1C=CNC=C1. The quantitative estimate of drug-likeness (QED) is 0.453. The van der Waals surface area contributed by atoms with E-state index in [-0.39, 0.29) is 0 Å². The van der Waals surface area contributed by atoms with E-state index in [2.05, 4.69) is 5.32 Å². The van der Waals surface area contributed by atoms with Crippen molar-refractivity contribution in [1.29, 1.82) is 0 Å². The van der Waals surface area contributed by atoms with Crippen LogP contribution in [0.5, 0.6) is 0 Å². The zero-order chi connectivity index (χ0) is 5.11. The molecule has 1 heterocycles. The van der Waals surface area contributed by atoms with Gasteiger partial charge in [0.2, 0.25) is 0 Å². The third-order valence-corrected chi connectivity index (χ3v) is 0.647. The van der Waals surface area contributed by atoms with Gasteiger partial charge < -0.3 is 5.32 Å². The summed E-state index contributed by atoms with van der Waals surface area (Å²) in [5.74, 6) is 8.53. The van der Waals surface area contributed by atoms with Crippen molar-refractivity contribution in [2.75, 3.05) is 0 Å². The molecule has 1 N–H and O–H groups in total. The Morgan fingerprint density at radius 1 is 1.29 bits per heavy atom. The summed E-state index contributed by atoms with van der Waals surface area (Å²) in [6, 6.07) is 0. The summed E-state index contributed by atoms with van der Waals surface area (Å²) in [5, 5.41) is 3.72. The fraction of sp³-hybridized carbons (Fsp3) is 0. The van der Waals surface area contributed by atoms with Crippen LogP contribution in [-0.2, 0) is 0 Å². The van der Waals surface area contributed by atoms with E-state index in [1.54, 1.807) is 12.4 Å². The Morgan fingerprint density at radius 2 is 1.86 bits per heavy atom. The van der Waals surface area contributed by atoms with Crippen molar-refractivity contribution in [2.24, 2.45) is 0 Å². The molecule has 0 fully saturated rings. The molecular formula is C4H5N3. The predicted octanol–water partition coefficient (Wildman–Crippen LogP) is -0.182. The van der Waals surface area contributed by atoms with Crippen molar-refractivity contribution in [3.05, 3.63) is 24.8 Å². The molecule has 0 saturated carbocycles. The second-order valence-corrected chi connectivity index (χ2v) is 1.18. The lowest BCUT2D eigenvalue weighted by Crippen LogP contribution is -2.12. The fourth-order valence-electron chi connectivity index (χ4n) is 0.344. The number of nitrogens with zero attached hydrogens (tertiary/aromatic N) is 2. The van der Waals surface area contributed by atoms with Gasteiger partial charge in [-0.3, -0.25) is 5.01 Å². The van der Waals surface area contributed by atoms with Crippen molar-refractivity contribution >= 4 is 0 Å². The standard InChI is InChI=1S/C4H5N3/c5-7-3-1-6-2-4-7/h1-4,6H. The highest BCUT2D eigenvalue weighted by atomic mass is 15.4. The molecule has 3 nitrogen and oxygen atoms in total. The molecule has 0 aromatic carbocycles. The molecule has 0 bridgehead atoms. The van der Waals surface area contributed by atoms with E-state index in [0.29, 0.717) is 0 Å². The summed E-state index contributed by atoms with van der Waals surface area (Å²) in [7, 11) is 0. The van der Waals surface area contributed by atoms with Crippen LogP contribution >= 0.6 is 0 Å². The van der Waals surface area contributed by atoms with Gasteiger partial charge in [0.25, 0.3) is 0 Å². The Bertz CT molecular complexity index is 93.5. The van der Waals surface area contributed by atoms with Gasteiger partial charge in [0.1, 0.15) is 0 Å². The highest BCUT2D eigenvalue weighted by Gasteiger charge is 1.86. The van der Waals surface area contributed by atoms with Gasteiger partial charge in [-0.1, -0.05) is 0 Å². The summed E-state index contributed by atoms with van der Waals surface area (Å²) < 4.78 is 0. The van der Waals surface area contributed by atoms with Gasteiger partial charge in [0.15, 0.2) is 0 Å². The van der Waals surface area contributed by atoms with Crippen LogP contribution in [0.25, 0.3) is 0 Å². The molecule has 7 heavy (non-hydrogen) atoms. The minimum atomic E-state index is 0.969. The molecule has 0 aromatic heterocycles. The molecule has 0 aliphatic carbocycles. The Balaban J connectivity index is 2.49. The van der Waals surface area contributed by atoms with E-state index >= 15 is 0 Å². The smallest absolute Gasteiger partial charge is 0.0402 e. The second kappa shape index (κ2) is 1.66. The normalized spacial score (nSPS) is 17.0. The van der Waals surface area contributed by atoms with Gasteiger partial charge in [-0.05, 0) is 5.84 Å². The third kappa shape index (κ3) is 0.940. The minimum Gasteiger partial charge on any atom is -0.365 e. The predicted molar refractivity (Wildman–Crippen MR) is 25.4 cm³/mol. The van der Waals surface area contributed by atoms with Crippen LogP contribution in [0.15, 0.2) is 24.8 Å². The lowest BCUT2D eigenvalue weighted by atomic mass is 10.7. The highest BCUT2D eigenvalue weighted by Crippen LogP contribution is 1.85. The van der Waals surface area contributed by atoms with Crippen molar-refractivity contribution < 1.29 is 0 Å². The van der Waals surface area contributed by atoms with Gasteiger partial charge in [-0.15, -0.1) is 0 Å². The number of rotatable bonds is 0. The lowest BCUT2D eigenvalue weighted by molar-refractivity contribution is 0.499. The van der Waals surface area contributed by atoms with Crippen LogP contribution < -0.4 is 11.2 Å². The first-order valence-corrected chi connectivity index (χ1v) is 1.96. The van der Waals surface area contributed by atoms with E-state index in [9.17, 15) is 0 Å². The van der Waals surface area contributed by atoms with Gasteiger partial charge in [0, 0.05) is 24.8 Å². The van der Waals surface area contributed by atoms with Crippen LogP contribution in [0.2, 0.25) is 0 Å². The molecule has 0 atom stereocenters. The summed E-state index contributed by atoms with van der Waals surface area (Å²) in [4.78, 5) is 0. The highest BCUT2D eigenvalue weighted by molar-refractivity contribution is 4.95. The molecular weight excluding hydrogens is 90.1 g/mol. The van der Waals surface area contributed by atoms with E-state index < -0.39 is 0 Å². The fourth-order valence-corrected chi connectivity index (χ4v) is 0.344. The summed E-state index contributed by atoms with van der Waals surface area (Å²) in [6.45, 7) is 0. The van der Waals surface area contributed by atoms with Crippen LogP contribution in [0.1, 0.15) is 0 Å². The molecule has 0 amide bonds. The van der Waals surface area contributed by atoms with Crippen LogP contribution in [0.3, 0.4) is 0 Å². The van der Waals surface area contributed by atoms with Crippen molar-refractivity contribution in [2.45, 2.75) is 0 Å². The molecule has 0 aromatic rings. The molecule has 3 heteroatoms. The van der Waals surface area contributed by atoms with E-state index in [1.165, 1.54) is 12.4 Å². The Hall–Kier alpha value is -0.960. The van der Waals surface area contributed by atoms with E-state index in [4.69, 9.17) is 5.84 Å². The molecule has 2 radical (unpaired) electrons. The van der Waals surface area contributed by atoms with Crippen molar-refractivity contribution in [3.8, 4) is 0 Å². The van der Waals surface area contributed by atoms with Gasteiger partial charge in [-0.25, -0.2) is 0 Å². The monoisotopic (exact) mass is 95.0 g/mol. The second-order valence-electron chi connectivity index (χ2n) is 1.18. The minimum absolute atomic E-state index is 0.969.